The van der Waals surface area contributed by atoms with E-state index in [9.17, 15) is 18.0 Å². The minimum Gasteiger partial charge on any atom is -0.496 e. The number of hydrogen-bond acceptors (Lipinski definition) is 3. The number of rotatable bonds is 3. The van der Waals surface area contributed by atoms with Crippen LogP contribution >= 0.6 is 0 Å². The van der Waals surface area contributed by atoms with Gasteiger partial charge in [-0.05, 0) is 36.8 Å². The van der Waals surface area contributed by atoms with Crippen molar-refractivity contribution in [2.24, 2.45) is 0 Å². The lowest BCUT2D eigenvalue weighted by atomic mass is 9.95. The Balaban J connectivity index is 2.20. The lowest BCUT2D eigenvalue weighted by molar-refractivity contribution is -0.204. The standard InChI is InChI=1S/C18H19F3N2O2/c1-17(2)10-15(24)22-23(17)16(18(19,20)21)13-8-11-6-4-5-7-12(11)9-14(13)25-3/h4-9,16H,10H2,1-3H3,(H,22,24). The third kappa shape index (κ3) is 3.16. The Morgan fingerprint density at radius 2 is 1.80 bits per heavy atom. The number of hydrogen-bond donors (Lipinski definition) is 1. The van der Waals surface area contributed by atoms with Gasteiger partial charge in [-0.2, -0.15) is 18.2 Å². The normalized spacial score (nSPS) is 19.0. The summed E-state index contributed by atoms with van der Waals surface area (Å²) in [7, 11) is 1.34. The fourth-order valence-corrected chi connectivity index (χ4v) is 3.31. The van der Waals surface area contributed by atoms with Crippen LogP contribution in [-0.2, 0) is 4.79 Å². The molecule has 1 amide bonds. The quantitative estimate of drug-likeness (QED) is 0.909. The van der Waals surface area contributed by atoms with Crippen molar-refractivity contribution in [2.45, 2.75) is 38.0 Å². The average molecular weight is 352 g/mol. The molecule has 7 heteroatoms. The Hall–Kier alpha value is -2.28. The second-order valence-corrected chi connectivity index (χ2v) is 6.78. The molecule has 4 nitrogen and oxygen atoms in total. The molecular weight excluding hydrogens is 333 g/mol. The van der Waals surface area contributed by atoms with Crippen LogP contribution in [-0.4, -0.2) is 29.7 Å². The smallest absolute Gasteiger partial charge is 0.410 e. The number of fused-ring (bicyclic) bond motifs is 1. The molecule has 1 aliphatic rings. The van der Waals surface area contributed by atoms with Crippen LogP contribution in [0.4, 0.5) is 13.2 Å². The number of nitrogens with one attached hydrogen (secondary N) is 1. The Morgan fingerprint density at radius 1 is 1.20 bits per heavy atom. The number of methoxy groups -OCH3 is 1. The highest BCUT2D eigenvalue weighted by molar-refractivity contribution is 5.85. The Kier molecular flexibility index (Phi) is 4.15. The van der Waals surface area contributed by atoms with Crippen molar-refractivity contribution < 1.29 is 22.7 Å². The van der Waals surface area contributed by atoms with E-state index in [4.69, 9.17) is 4.74 Å². The van der Waals surface area contributed by atoms with Crippen molar-refractivity contribution in [3.8, 4) is 5.75 Å². The molecule has 1 atom stereocenters. The lowest BCUT2D eigenvalue weighted by Gasteiger charge is -2.38. The number of halogens is 3. The Labute approximate surface area is 143 Å². The number of amides is 1. The number of hydrazine groups is 1. The van der Waals surface area contributed by atoms with Gasteiger partial charge in [0.25, 0.3) is 0 Å². The summed E-state index contributed by atoms with van der Waals surface area (Å²) in [5.41, 5.74) is 1.37. The monoisotopic (exact) mass is 352 g/mol. The van der Waals surface area contributed by atoms with Crippen LogP contribution in [0.15, 0.2) is 36.4 Å². The average Bonchev–Trinajstić information content (AvgIpc) is 2.77. The third-order valence-corrected chi connectivity index (χ3v) is 4.45. The molecule has 0 bridgehead atoms. The summed E-state index contributed by atoms with van der Waals surface area (Å²) in [4.78, 5) is 11.7. The first kappa shape index (κ1) is 17.5. The van der Waals surface area contributed by atoms with E-state index in [1.165, 1.54) is 13.2 Å². The summed E-state index contributed by atoms with van der Waals surface area (Å²) >= 11 is 0. The molecule has 1 unspecified atom stereocenters. The molecule has 0 radical (unpaired) electrons. The van der Waals surface area contributed by atoms with E-state index in [1.807, 2.05) is 12.1 Å². The molecule has 0 saturated carbocycles. The molecule has 2 aromatic rings. The minimum absolute atomic E-state index is 0.00449. The predicted octanol–water partition coefficient (Wildman–Crippen LogP) is 3.97. The van der Waals surface area contributed by atoms with Gasteiger partial charge in [0.1, 0.15) is 5.75 Å². The van der Waals surface area contributed by atoms with E-state index in [1.54, 1.807) is 32.0 Å². The van der Waals surface area contributed by atoms with Crippen molar-refractivity contribution >= 4 is 16.7 Å². The molecule has 0 spiro atoms. The fraction of sp³-hybridized carbons (Fsp3) is 0.389. The maximum atomic E-state index is 14.0. The molecule has 1 saturated heterocycles. The first-order chi connectivity index (χ1) is 11.6. The van der Waals surface area contributed by atoms with E-state index in [2.05, 4.69) is 5.43 Å². The van der Waals surface area contributed by atoms with Crippen LogP contribution in [0, 0.1) is 0 Å². The van der Waals surface area contributed by atoms with Crippen molar-refractivity contribution in [1.29, 1.82) is 0 Å². The zero-order chi connectivity index (χ0) is 18.4. The third-order valence-electron chi connectivity index (χ3n) is 4.45. The van der Waals surface area contributed by atoms with Crippen LogP contribution in [0.3, 0.4) is 0 Å². The van der Waals surface area contributed by atoms with Gasteiger partial charge >= 0.3 is 6.18 Å². The van der Waals surface area contributed by atoms with E-state index in [0.29, 0.717) is 5.39 Å². The molecule has 1 fully saturated rings. The fourth-order valence-electron chi connectivity index (χ4n) is 3.31. The van der Waals surface area contributed by atoms with Crippen LogP contribution in [0.25, 0.3) is 10.8 Å². The Morgan fingerprint density at radius 3 is 2.28 bits per heavy atom. The Bertz CT molecular complexity index is 818. The summed E-state index contributed by atoms with van der Waals surface area (Å²) in [5, 5.41) is 2.45. The van der Waals surface area contributed by atoms with Gasteiger partial charge in [-0.1, -0.05) is 24.3 Å². The molecule has 1 N–H and O–H groups in total. The number of alkyl halides is 3. The number of carbonyl (C=O) groups excluding carboxylic acids is 1. The highest BCUT2D eigenvalue weighted by Gasteiger charge is 2.53. The second kappa shape index (κ2) is 5.91. The number of carbonyl (C=O) groups is 1. The van der Waals surface area contributed by atoms with E-state index >= 15 is 0 Å². The summed E-state index contributed by atoms with van der Waals surface area (Å²) in [6.45, 7) is 3.22. The highest BCUT2D eigenvalue weighted by Crippen LogP contribution is 2.46. The van der Waals surface area contributed by atoms with Crippen LogP contribution in [0.1, 0.15) is 31.9 Å². The molecular formula is C18H19F3N2O2. The van der Waals surface area contributed by atoms with Gasteiger partial charge in [-0.3, -0.25) is 10.2 Å². The largest absolute Gasteiger partial charge is 0.496 e. The molecule has 25 heavy (non-hydrogen) atoms. The highest BCUT2D eigenvalue weighted by atomic mass is 19.4. The lowest BCUT2D eigenvalue weighted by Crippen LogP contribution is -2.51. The van der Waals surface area contributed by atoms with Gasteiger partial charge in [-0.15, -0.1) is 0 Å². The minimum atomic E-state index is -4.59. The molecule has 0 aromatic heterocycles. The topological polar surface area (TPSA) is 41.6 Å². The molecule has 1 heterocycles. The molecule has 1 aliphatic heterocycles. The number of benzene rings is 2. The SMILES string of the molecule is COc1cc2ccccc2cc1C(N1NC(=O)CC1(C)C)C(F)(F)F. The summed E-state index contributed by atoms with van der Waals surface area (Å²) < 4.78 is 47.2. The molecule has 3 rings (SSSR count). The van der Waals surface area contributed by atoms with E-state index < -0.39 is 23.7 Å². The predicted molar refractivity (Wildman–Crippen MR) is 88.0 cm³/mol. The number of nitrogens with zero attached hydrogens (tertiary/aromatic N) is 1. The van der Waals surface area contributed by atoms with Crippen molar-refractivity contribution in [3.05, 3.63) is 42.0 Å². The van der Waals surface area contributed by atoms with E-state index in [-0.39, 0.29) is 17.7 Å². The summed E-state index contributed by atoms with van der Waals surface area (Å²) in [6, 6.07) is 8.20. The van der Waals surface area contributed by atoms with E-state index in [0.717, 1.165) is 10.4 Å². The van der Waals surface area contributed by atoms with Crippen LogP contribution in [0.2, 0.25) is 0 Å². The van der Waals surface area contributed by atoms with Gasteiger partial charge in [0.2, 0.25) is 5.91 Å². The van der Waals surface area contributed by atoms with Gasteiger partial charge < -0.3 is 4.74 Å². The number of ether oxygens (including phenoxy) is 1. The maximum Gasteiger partial charge on any atom is 0.410 e. The van der Waals surface area contributed by atoms with Crippen molar-refractivity contribution in [1.82, 2.24) is 10.4 Å². The second-order valence-electron chi connectivity index (χ2n) is 6.78. The van der Waals surface area contributed by atoms with Gasteiger partial charge in [0, 0.05) is 17.5 Å². The zero-order valence-electron chi connectivity index (χ0n) is 14.1. The maximum absolute atomic E-state index is 14.0. The van der Waals surface area contributed by atoms with Crippen LogP contribution < -0.4 is 10.2 Å². The van der Waals surface area contributed by atoms with Gasteiger partial charge in [0.05, 0.1) is 7.11 Å². The molecule has 0 aliphatic carbocycles. The van der Waals surface area contributed by atoms with Gasteiger partial charge in [0.15, 0.2) is 6.04 Å². The molecule has 134 valence electrons. The van der Waals surface area contributed by atoms with Crippen LogP contribution in [0.5, 0.6) is 5.75 Å². The van der Waals surface area contributed by atoms with Crippen molar-refractivity contribution in [2.75, 3.05) is 7.11 Å². The summed E-state index contributed by atoms with van der Waals surface area (Å²) in [5.74, 6) is -0.294. The van der Waals surface area contributed by atoms with Gasteiger partial charge in [-0.25, -0.2) is 0 Å². The zero-order valence-corrected chi connectivity index (χ0v) is 14.1. The first-order valence-electron chi connectivity index (χ1n) is 7.86. The van der Waals surface area contributed by atoms with Crippen molar-refractivity contribution in [3.63, 3.8) is 0 Å². The summed E-state index contributed by atoms with van der Waals surface area (Å²) in [6.07, 6.45) is -4.60. The molecule has 2 aromatic carbocycles. The first-order valence-corrected chi connectivity index (χ1v) is 7.86.